The maximum atomic E-state index is 11.6. The van der Waals surface area contributed by atoms with Gasteiger partial charge in [0.25, 0.3) is 0 Å². The number of ether oxygens (including phenoxy) is 1. The normalized spacial score (nSPS) is 16.1. The average Bonchev–Trinajstić information content (AvgIpc) is 3.02. The van der Waals surface area contributed by atoms with E-state index < -0.39 is 0 Å². The van der Waals surface area contributed by atoms with Crippen LogP contribution >= 0.6 is 28.1 Å². The largest absolute Gasteiger partial charge is 0.457 e. The Balaban J connectivity index is 1.37. The van der Waals surface area contributed by atoms with Gasteiger partial charge in [-0.2, -0.15) is 0 Å². The predicted molar refractivity (Wildman–Crippen MR) is 114 cm³/mol. The molecule has 2 aliphatic heterocycles. The van der Waals surface area contributed by atoms with Crippen molar-refractivity contribution in [3.05, 3.63) is 57.6 Å². The first-order valence-corrected chi connectivity index (χ1v) is 10.1. The van der Waals surface area contributed by atoms with Gasteiger partial charge in [-0.3, -0.25) is 0 Å². The van der Waals surface area contributed by atoms with Gasteiger partial charge in [0.05, 0.1) is 5.56 Å². The molecule has 2 aromatic rings. The molecule has 1 saturated heterocycles. The van der Waals surface area contributed by atoms with E-state index in [0.29, 0.717) is 17.3 Å². The number of benzene rings is 2. The van der Waals surface area contributed by atoms with Crippen LogP contribution in [-0.4, -0.2) is 42.2 Å². The molecular weight excluding hydrogens is 426 g/mol. The number of nitrogens with one attached hydrogen (secondary N) is 1. The molecule has 0 amide bonds. The highest BCUT2D eigenvalue weighted by molar-refractivity contribution is 9.10. The Morgan fingerprint density at radius 1 is 1.15 bits per heavy atom. The molecule has 2 aliphatic rings. The summed E-state index contributed by atoms with van der Waals surface area (Å²) in [4.78, 5) is 16.1. The number of carbonyl (C=O) groups excluding carboxylic acids is 1. The zero-order chi connectivity index (χ0) is 19.0. The second-order valence-corrected chi connectivity index (χ2v) is 8.09. The number of carbonyl (C=O) groups is 1. The first-order valence-electron chi connectivity index (χ1n) is 8.88. The van der Waals surface area contributed by atoms with Gasteiger partial charge < -0.3 is 19.9 Å². The second-order valence-electron chi connectivity index (χ2n) is 6.78. The van der Waals surface area contributed by atoms with Gasteiger partial charge in [-0.05, 0) is 61.1 Å². The lowest BCUT2D eigenvalue weighted by atomic mass is 10.1. The summed E-state index contributed by atoms with van der Waals surface area (Å²) < 4.78 is 6.16. The van der Waals surface area contributed by atoms with Gasteiger partial charge in [-0.25, -0.2) is 4.79 Å². The van der Waals surface area contributed by atoms with Crippen molar-refractivity contribution in [1.29, 1.82) is 0 Å². The summed E-state index contributed by atoms with van der Waals surface area (Å²) in [6, 6.07) is 12.0. The molecule has 0 aliphatic carbocycles. The van der Waals surface area contributed by atoms with Crippen molar-refractivity contribution in [2.45, 2.75) is 13.5 Å². The van der Waals surface area contributed by atoms with Crippen molar-refractivity contribution in [3.8, 4) is 0 Å². The highest BCUT2D eigenvalue weighted by atomic mass is 79.9. The van der Waals surface area contributed by atoms with E-state index in [1.165, 1.54) is 11.3 Å². The number of aryl methyl sites for hydroxylation is 1. The van der Waals surface area contributed by atoms with Crippen LogP contribution in [0.2, 0.25) is 0 Å². The number of rotatable bonds is 2. The van der Waals surface area contributed by atoms with Gasteiger partial charge >= 0.3 is 5.97 Å². The van der Waals surface area contributed by atoms with Crippen LogP contribution in [0.25, 0.3) is 0 Å². The fourth-order valence-electron chi connectivity index (χ4n) is 3.54. The Kier molecular flexibility index (Phi) is 5.06. The SMILES string of the molecule is Cc1cc(Br)ccc1N1CCN(C(=S)Nc2ccc3c(c2)COC3=O)CC1. The fourth-order valence-corrected chi connectivity index (χ4v) is 4.31. The number of esters is 1. The standard InChI is InChI=1S/C20H20BrN3O2S/c1-13-10-15(21)2-5-18(13)23-6-8-24(9-7-23)20(27)22-16-3-4-17-14(11-16)12-26-19(17)25/h2-5,10-11H,6-9,12H2,1H3,(H,22,27). The molecule has 0 bridgehead atoms. The Morgan fingerprint density at radius 3 is 2.67 bits per heavy atom. The highest BCUT2D eigenvalue weighted by Gasteiger charge is 2.23. The molecule has 5 nitrogen and oxygen atoms in total. The van der Waals surface area contributed by atoms with E-state index in [9.17, 15) is 4.79 Å². The number of hydrogen-bond acceptors (Lipinski definition) is 4. The number of thiocarbonyl (C=S) groups is 1. The third-order valence-corrected chi connectivity index (χ3v) is 5.86. The first kappa shape index (κ1) is 18.3. The van der Waals surface area contributed by atoms with Crippen molar-refractivity contribution in [3.63, 3.8) is 0 Å². The zero-order valence-corrected chi connectivity index (χ0v) is 17.4. The topological polar surface area (TPSA) is 44.8 Å². The minimum atomic E-state index is -0.251. The van der Waals surface area contributed by atoms with E-state index in [0.717, 1.165) is 41.9 Å². The summed E-state index contributed by atoms with van der Waals surface area (Å²) in [6.45, 7) is 6.07. The van der Waals surface area contributed by atoms with E-state index in [4.69, 9.17) is 17.0 Å². The van der Waals surface area contributed by atoms with E-state index in [-0.39, 0.29) is 5.97 Å². The first-order chi connectivity index (χ1) is 13.0. The maximum Gasteiger partial charge on any atom is 0.338 e. The third-order valence-electron chi connectivity index (χ3n) is 5.00. The summed E-state index contributed by atoms with van der Waals surface area (Å²) in [7, 11) is 0. The number of nitrogens with zero attached hydrogens (tertiary/aromatic N) is 2. The van der Waals surface area contributed by atoms with Crippen LogP contribution in [0.5, 0.6) is 0 Å². The number of halogens is 1. The van der Waals surface area contributed by atoms with Gasteiger partial charge in [0.2, 0.25) is 0 Å². The van der Waals surface area contributed by atoms with Gasteiger partial charge in [0, 0.05) is 47.6 Å². The van der Waals surface area contributed by atoms with Crippen LogP contribution < -0.4 is 10.2 Å². The molecule has 0 saturated carbocycles. The highest BCUT2D eigenvalue weighted by Crippen LogP contribution is 2.26. The van der Waals surface area contributed by atoms with Crippen LogP contribution in [0.1, 0.15) is 21.5 Å². The number of anilines is 2. The molecule has 0 radical (unpaired) electrons. The number of piperazine rings is 1. The quantitative estimate of drug-likeness (QED) is 0.557. The number of hydrogen-bond donors (Lipinski definition) is 1. The lowest BCUT2D eigenvalue weighted by Crippen LogP contribution is -2.50. The minimum Gasteiger partial charge on any atom is -0.457 e. The molecule has 0 atom stereocenters. The van der Waals surface area contributed by atoms with Crippen LogP contribution in [0.4, 0.5) is 11.4 Å². The number of cyclic esters (lactones) is 1. The predicted octanol–water partition coefficient (Wildman–Crippen LogP) is 3.95. The molecular formula is C20H20BrN3O2S. The molecule has 27 heavy (non-hydrogen) atoms. The maximum absolute atomic E-state index is 11.6. The van der Waals surface area contributed by atoms with Crippen molar-refractivity contribution in [2.75, 3.05) is 36.4 Å². The molecule has 1 N–H and O–H groups in total. The Labute approximate surface area is 172 Å². The van der Waals surface area contributed by atoms with Crippen molar-refractivity contribution >= 4 is 50.6 Å². The summed E-state index contributed by atoms with van der Waals surface area (Å²) in [5.41, 5.74) is 4.99. The molecule has 0 unspecified atom stereocenters. The zero-order valence-electron chi connectivity index (χ0n) is 15.0. The molecule has 2 heterocycles. The molecule has 1 fully saturated rings. The van der Waals surface area contributed by atoms with E-state index >= 15 is 0 Å². The van der Waals surface area contributed by atoms with Crippen LogP contribution in [0.3, 0.4) is 0 Å². The lowest BCUT2D eigenvalue weighted by Gasteiger charge is -2.38. The number of fused-ring (bicyclic) bond motifs is 1. The third kappa shape index (κ3) is 3.80. The van der Waals surface area contributed by atoms with Crippen molar-refractivity contribution in [2.24, 2.45) is 0 Å². The second kappa shape index (κ2) is 7.48. The van der Waals surface area contributed by atoms with Gasteiger partial charge in [0.15, 0.2) is 5.11 Å². The van der Waals surface area contributed by atoms with Crippen LogP contribution in [-0.2, 0) is 11.3 Å². The molecule has 0 aromatic heterocycles. The summed E-state index contributed by atoms with van der Waals surface area (Å²) in [5, 5.41) is 4.01. The summed E-state index contributed by atoms with van der Waals surface area (Å²) >= 11 is 9.12. The minimum absolute atomic E-state index is 0.251. The smallest absolute Gasteiger partial charge is 0.338 e. The Hall–Kier alpha value is -2.12. The fraction of sp³-hybridized carbons (Fsp3) is 0.300. The Bertz CT molecular complexity index is 910. The van der Waals surface area contributed by atoms with Crippen molar-refractivity contribution in [1.82, 2.24) is 4.90 Å². The van der Waals surface area contributed by atoms with Gasteiger partial charge in [-0.15, -0.1) is 0 Å². The van der Waals surface area contributed by atoms with Gasteiger partial charge in [0.1, 0.15) is 6.61 Å². The molecule has 0 spiro atoms. The van der Waals surface area contributed by atoms with Crippen LogP contribution in [0, 0.1) is 6.92 Å². The monoisotopic (exact) mass is 445 g/mol. The van der Waals surface area contributed by atoms with Crippen LogP contribution in [0.15, 0.2) is 40.9 Å². The van der Waals surface area contributed by atoms with E-state index in [1.54, 1.807) is 6.07 Å². The summed E-state index contributed by atoms with van der Waals surface area (Å²) in [5.74, 6) is -0.251. The summed E-state index contributed by atoms with van der Waals surface area (Å²) in [6.07, 6.45) is 0. The lowest BCUT2D eigenvalue weighted by molar-refractivity contribution is 0.0535. The molecule has 140 valence electrons. The molecule has 2 aromatic carbocycles. The molecule has 7 heteroatoms. The van der Waals surface area contributed by atoms with Gasteiger partial charge in [-0.1, -0.05) is 15.9 Å². The van der Waals surface area contributed by atoms with E-state index in [2.05, 4.69) is 56.2 Å². The Morgan fingerprint density at radius 2 is 1.93 bits per heavy atom. The molecule has 4 rings (SSSR count). The van der Waals surface area contributed by atoms with E-state index in [1.807, 2.05) is 12.1 Å². The van der Waals surface area contributed by atoms with Crippen molar-refractivity contribution < 1.29 is 9.53 Å². The average molecular weight is 446 g/mol.